The van der Waals surface area contributed by atoms with E-state index < -0.39 is 0 Å². The smallest absolute Gasteiger partial charge is 0.410 e. The molecule has 0 heterocycles. The zero-order valence-corrected chi connectivity index (χ0v) is 11.0. The summed E-state index contributed by atoms with van der Waals surface area (Å²) in [5.41, 5.74) is 5.52. The van der Waals surface area contributed by atoms with Crippen LogP contribution < -0.4 is 5.73 Å². The number of carbonyl (C=O) groups is 1. The Balaban J connectivity index is 4.32. The molecule has 0 spiro atoms. The largest absolute Gasteiger partial charge is 0.449 e. The van der Waals surface area contributed by atoms with Crippen molar-refractivity contribution in [1.82, 2.24) is 4.90 Å². The van der Waals surface area contributed by atoms with E-state index in [0.29, 0.717) is 25.6 Å². The van der Waals surface area contributed by atoms with E-state index in [1.807, 2.05) is 13.8 Å². The third kappa shape index (κ3) is 5.35. The Labute approximate surface area is 99.1 Å². The number of carbonyl (C=O) groups excluding carboxylic acids is 1. The van der Waals surface area contributed by atoms with Crippen LogP contribution in [0.1, 0.15) is 40.5 Å². The third-order valence-electron chi connectivity index (χ3n) is 2.53. The molecule has 0 bridgehead atoms. The maximum absolute atomic E-state index is 11.8. The first-order valence-electron chi connectivity index (χ1n) is 6.20. The Kier molecular flexibility index (Phi) is 7.99. The van der Waals surface area contributed by atoms with Crippen LogP contribution in [0.3, 0.4) is 0 Å². The molecule has 0 aromatic rings. The summed E-state index contributed by atoms with van der Waals surface area (Å²) in [5.74, 6) is 0.366. The zero-order valence-electron chi connectivity index (χ0n) is 11.0. The van der Waals surface area contributed by atoms with Crippen molar-refractivity contribution in [3.63, 3.8) is 0 Å². The Morgan fingerprint density at radius 1 is 1.31 bits per heavy atom. The highest BCUT2D eigenvalue weighted by atomic mass is 16.6. The topological polar surface area (TPSA) is 55.6 Å². The van der Waals surface area contributed by atoms with Crippen LogP contribution >= 0.6 is 0 Å². The van der Waals surface area contributed by atoms with Crippen molar-refractivity contribution in [1.29, 1.82) is 0 Å². The first-order valence-corrected chi connectivity index (χ1v) is 6.20. The van der Waals surface area contributed by atoms with Crippen LogP contribution in [0.5, 0.6) is 0 Å². The molecule has 0 aliphatic rings. The van der Waals surface area contributed by atoms with Gasteiger partial charge in [-0.1, -0.05) is 27.7 Å². The predicted molar refractivity (Wildman–Crippen MR) is 66.3 cm³/mol. The highest BCUT2D eigenvalue weighted by Crippen LogP contribution is 2.10. The molecule has 0 aliphatic carbocycles. The Morgan fingerprint density at radius 2 is 1.88 bits per heavy atom. The van der Waals surface area contributed by atoms with Gasteiger partial charge in [-0.3, -0.25) is 0 Å². The second kappa shape index (κ2) is 8.39. The van der Waals surface area contributed by atoms with E-state index in [0.717, 1.165) is 12.8 Å². The summed E-state index contributed by atoms with van der Waals surface area (Å²) >= 11 is 0. The first-order chi connectivity index (χ1) is 7.56. The number of hydrogen-bond donors (Lipinski definition) is 1. The van der Waals surface area contributed by atoms with Crippen molar-refractivity contribution < 1.29 is 9.53 Å². The number of amides is 1. The summed E-state index contributed by atoms with van der Waals surface area (Å²) in [7, 11) is 0. The number of rotatable bonds is 7. The molecule has 0 fully saturated rings. The SMILES string of the molecule is CCC(CC)N(CCN)C(=O)OCC(C)C. The number of ether oxygens (including phenoxy) is 1. The van der Waals surface area contributed by atoms with Crippen LogP contribution in [0, 0.1) is 5.92 Å². The molecule has 0 rings (SSSR count). The fraction of sp³-hybridized carbons (Fsp3) is 0.917. The van der Waals surface area contributed by atoms with Gasteiger partial charge in [-0.25, -0.2) is 4.79 Å². The lowest BCUT2D eigenvalue weighted by molar-refractivity contribution is 0.0763. The molecule has 0 radical (unpaired) electrons. The molecule has 0 aromatic carbocycles. The monoisotopic (exact) mass is 230 g/mol. The lowest BCUT2D eigenvalue weighted by atomic mass is 10.1. The lowest BCUT2D eigenvalue weighted by Crippen LogP contribution is -2.43. The molecule has 0 atom stereocenters. The van der Waals surface area contributed by atoms with Crippen LogP contribution in [0.2, 0.25) is 0 Å². The van der Waals surface area contributed by atoms with Crippen molar-refractivity contribution in [2.75, 3.05) is 19.7 Å². The predicted octanol–water partition coefficient (Wildman–Crippen LogP) is 2.23. The van der Waals surface area contributed by atoms with Gasteiger partial charge in [-0.15, -0.1) is 0 Å². The van der Waals surface area contributed by atoms with Crippen molar-refractivity contribution in [3.05, 3.63) is 0 Å². The number of nitrogens with zero attached hydrogens (tertiary/aromatic N) is 1. The minimum absolute atomic E-state index is 0.229. The van der Waals surface area contributed by atoms with Gasteiger partial charge in [-0.2, -0.15) is 0 Å². The molecule has 1 amide bonds. The van der Waals surface area contributed by atoms with Gasteiger partial charge in [0.15, 0.2) is 0 Å². The van der Waals surface area contributed by atoms with Gasteiger partial charge < -0.3 is 15.4 Å². The minimum atomic E-state index is -0.229. The summed E-state index contributed by atoms with van der Waals surface area (Å²) in [6.45, 7) is 9.73. The third-order valence-corrected chi connectivity index (χ3v) is 2.53. The van der Waals surface area contributed by atoms with Crippen molar-refractivity contribution in [2.45, 2.75) is 46.6 Å². The van der Waals surface area contributed by atoms with Gasteiger partial charge in [0.2, 0.25) is 0 Å². The van der Waals surface area contributed by atoms with Gasteiger partial charge in [0.25, 0.3) is 0 Å². The van der Waals surface area contributed by atoms with Crippen LogP contribution in [-0.2, 0) is 4.74 Å². The van der Waals surface area contributed by atoms with E-state index in [1.54, 1.807) is 4.90 Å². The standard InChI is InChI=1S/C12H26N2O2/c1-5-11(6-2)14(8-7-13)12(15)16-9-10(3)4/h10-11H,5-9,13H2,1-4H3. The second-order valence-electron chi connectivity index (χ2n) is 4.42. The van der Waals surface area contributed by atoms with Gasteiger partial charge >= 0.3 is 6.09 Å². The fourth-order valence-electron chi connectivity index (χ4n) is 1.61. The van der Waals surface area contributed by atoms with E-state index >= 15 is 0 Å². The maximum atomic E-state index is 11.8. The van der Waals surface area contributed by atoms with E-state index in [-0.39, 0.29) is 12.1 Å². The van der Waals surface area contributed by atoms with Crippen LogP contribution in [-0.4, -0.2) is 36.7 Å². The Hall–Kier alpha value is -0.770. The molecule has 0 unspecified atom stereocenters. The Bertz CT molecular complexity index is 191. The number of nitrogens with two attached hydrogens (primary N) is 1. The molecule has 2 N–H and O–H groups in total. The summed E-state index contributed by atoms with van der Waals surface area (Å²) in [6.07, 6.45) is 1.65. The lowest BCUT2D eigenvalue weighted by Gasteiger charge is -2.29. The maximum Gasteiger partial charge on any atom is 0.410 e. The normalized spacial score (nSPS) is 10.9. The molecule has 0 aromatic heterocycles. The van der Waals surface area contributed by atoms with E-state index in [4.69, 9.17) is 10.5 Å². The van der Waals surface area contributed by atoms with Crippen LogP contribution in [0.25, 0.3) is 0 Å². The van der Waals surface area contributed by atoms with Gasteiger partial charge in [0, 0.05) is 19.1 Å². The minimum Gasteiger partial charge on any atom is -0.449 e. The summed E-state index contributed by atoms with van der Waals surface area (Å²) < 4.78 is 5.23. The number of hydrogen-bond acceptors (Lipinski definition) is 3. The van der Waals surface area contributed by atoms with E-state index in [2.05, 4.69) is 13.8 Å². The molecular formula is C12H26N2O2. The van der Waals surface area contributed by atoms with Crippen LogP contribution in [0.4, 0.5) is 4.79 Å². The molecule has 96 valence electrons. The summed E-state index contributed by atoms with van der Waals surface area (Å²) in [4.78, 5) is 13.6. The summed E-state index contributed by atoms with van der Waals surface area (Å²) in [6, 6.07) is 0.239. The molecule has 0 saturated carbocycles. The molecule has 0 saturated heterocycles. The van der Waals surface area contributed by atoms with Crippen molar-refractivity contribution in [3.8, 4) is 0 Å². The van der Waals surface area contributed by atoms with Gasteiger partial charge in [-0.05, 0) is 18.8 Å². The molecule has 16 heavy (non-hydrogen) atoms. The van der Waals surface area contributed by atoms with E-state index in [1.165, 1.54) is 0 Å². The molecule has 4 nitrogen and oxygen atoms in total. The molecule has 0 aliphatic heterocycles. The summed E-state index contributed by atoms with van der Waals surface area (Å²) in [5, 5.41) is 0. The highest BCUT2D eigenvalue weighted by molar-refractivity contribution is 5.68. The average Bonchev–Trinajstić information content (AvgIpc) is 2.26. The quantitative estimate of drug-likeness (QED) is 0.729. The Morgan fingerprint density at radius 3 is 2.25 bits per heavy atom. The molecular weight excluding hydrogens is 204 g/mol. The average molecular weight is 230 g/mol. The highest BCUT2D eigenvalue weighted by Gasteiger charge is 2.21. The van der Waals surface area contributed by atoms with Crippen molar-refractivity contribution in [2.24, 2.45) is 11.7 Å². The van der Waals surface area contributed by atoms with Gasteiger partial charge in [0.05, 0.1) is 6.61 Å². The van der Waals surface area contributed by atoms with Gasteiger partial charge in [0.1, 0.15) is 0 Å². The first kappa shape index (κ1) is 15.2. The fourth-order valence-corrected chi connectivity index (χ4v) is 1.61. The van der Waals surface area contributed by atoms with Crippen LogP contribution in [0.15, 0.2) is 0 Å². The second-order valence-corrected chi connectivity index (χ2v) is 4.42. The zero-order chi connectivity index (χ0) is 12.6. The van der Waals surface area contributed by atoms with Crippen molar-refractivity contribution >= 4 is 6.09 Å². The van der Waals surface area contributed by atoms with E-state index in [9.17, 15) is 4.79 Å². The molecule has 4 heteroatoms.